The number of nitrogens with zero attached hydrogens (tertiary/aromatic N) is 2. The predicted octanol–water partition coefficient (Wildman–Crippen LogP) is 2.18. The van der Waals surface area contributed by atoms with Gasteiger partial charge in [-0.3, -0.25) is 9.59 Å². The first-order valence-corrected chi connectivity index (χ1v) is 8.37. The maximum Gasteiger partial charge on any atom is 0.251 e. The van der Waals surface area contributed by atoms with E-state index in [1.165, 1.54) is 11.8 Å². The maximum atomic E-state index is 12.0. The molecule has 0 aliphatic rings. The molecule has 0 unspecified atom stereocenters. The minimum atomic E-state index is -0.0884. The third-order valence-electron chi connectivity index (χ3n) is 3.22. The number of unbranched alkanes of at least 4 members (excludes halogenated alkanes) is 1. The van der Waals surface area contributed by atoms with Gasteiger partial charge in [0, 0.05) is 37.1 Å². The first-order valence-electron chi connectivity index (χ1n) is 7.14. The average Bonchev–Trinajstić information content (AvgIpc) is 2.56. The zero-order valence-electron chi connectivity index (χ0n) is 12.5. The predicted molar refractivity (Wildman–Crippen MR) is 88.3 cm³/mol. The molecule has 0 radical (unpaired) electrons. The smallest absolute Gasteiger partial charge is 0.251 e. The molecule has 2 heterocycles. The molecule has 0 fully saturated rings. The highest BCUT2D eigenvalue weighted by atomic mass is 32.2. The molecule has 2 rings (SSSR count). The van der Waals surface area contributed by atoms with Crippen molar-refractivity contribution < 1.29 is 4.79 Å². The fraction of sp³-hybridized carbons (Fsp3) is 0.312. The molecule has 5 nitrogen and oxygen atoms in total. The third kappa shape index (κ3) is 4.73. The van der Waals surface area contributed by atoms with Gasteiger partial charge in [0.15, 0.2) is 0 Å². The first-order chi connectivity index (χ1) is 10.7. The number of thioether (sulfide) groups is 1. The van der Waals surface area contributed by atoms with Crippen LogP contribution in [0.15, 0.2) is 52.5 Å². The van der Waals surface area contributed by atoms with Crippen molar-refractivity contribution in [1.82, 2.24) is 14.9 Å². The van der Waals surface area contributed by atoms with Crippen LogP contribution in [0.3, 0.4) is 0 Å². The third-order valence-corrected chi connectivity index (χ3v) is 3.86. The lowest BCUT2D eigenvalue weighted by Gasteiger charge is -2.07. The number of carbonyl (C=O) groups excluding carboxylic acids is 1. The summed E-state index contributed by atoms with van der Waals surface area (Å²) < 4.78 is 1.68. The summed E-state index contributed by atoms with van der Waals surface area (Å²) in [7, 11) is 0. The van der Waals surface area contributed by atoms with E-state index >= 15 is 0 Å². The summed E-state index contributed by atoms with van der Waals surface area (Å²) in [6.07, 6.45) is 7.02. The Labute approximate surface area is 133 Å². The van der Waals surface area contributed by atoms with Gasteiger partial charge in [-0.15, -0.1) is 11.8 Å². The van der Waals surface area contributed by atoms with E-state index in [4.69, 9.17) is 0 Å². The van der Waals surface area contributed by atoms with Gasteiger partial charge in [-0.05, 0) is 37.3 Å². The molecule has 2 aromatic rings. The molecule has 0 aliphatic carbocycles. The molecule has 6 heteroatoms. The van der Waals surface area contributed by atoms with Gasteiger partial charge in [-0.1, -0.05) is 6.07 Å². The van der Waals surface area contributed by atoms with Crippen molar-refractivity contribution in [2.75, 3.05) is 12.8 Å². The number of carbonyl (C=O) groups is 1. The van der Waals surface area contributed by atoms with Gasteiger partial charge in [-0.25, -0.2) is 4.98 Å². The number of hydrogen-bond acceptors (Lipinski definition) is 4. The Morgan fingerprint density at radius 1 is 1.32 bits per heavy atom. The minimum absolute atomic E-state index is 0.00733. The molecule has 0 saturated heterocycles. The van der Waals surface area contributed by atoms with E-state index in [1.54, 1.807) is 41.2 Å². The molecule has 0 bridgehead atoms. The molecule has 0 saturated carbocycles. The second-order valence-corrected chi connectivity index (χ2v) is 5.61. The van der Waals surface area contributed by atoms with Crippen molar-refractivity contribution in [3.05, 3.63) is 58.6 Å². The summed E-state index contributed by atoms with van der Waals surface area (Å²) in [5, 5.41) is 3.72. The number of aryl methyl sites for hydroxylation is 1. The fourth-order valence-corrected chi connectivity index (χ4v) is 2.43. The monoisotopic (exact) mass is 317 g/mol. The Morgan fingerprint density at radius 3 is 2.95 bits per heavy atom. The number of rotatable bonds is 7. The maximum absolute atomic E-state index is 12.0. The molecule has 0 spiro atoms. The Bertz CT molecular complexity index is 685. The van der Waals surface area contributed by atoms with Gasteiger partial charge in [0.05, 0.1) is 5.03 Å². The summed E-state index contributed by atoms with van der Waals surface area (Å²) in [6, 6.07) is 8.61. The molecule has 2 aromatic heterocycles. The van der Waals surface area contributed by atoms with Crippen molar-refractivity contribution in [1.29, 1.82) is 0 Å². The van der Waals surface area contributed by atoms with Crippen molar-refractivity contribution in [3.63, 3.8) is 0 Å². The zero-order chi connectivity index (χ0) is 15.8. The van der Waals surface area contributed by atoms with Gasteiger partial charge < -0.3 is 9.88 Å². The van der Waals surface area contributed by atoms with Crippen LogP contribution in [0, 0.1) is 0 Å². The number of pyridine rings is 2. The van der Waals surface area contributed by atoms with Crippen molar-refractivity contribution in [2.24, 2.45) is 0 Å². The van der Waals surface area contributed by atoms with E-state index < -0.39 is 0 Å². The summed E-state index contributed by atoms with van der Waals surface area (Å²) >= 11 is 1.51. The molecule has 1 amide bonds. The Morgan fingerprint density at radius 2 is 2.18 bits per heavy atom. The van der Waals surface area contributed by atoms with Gasteiger partial charge in [-0.2, -0.15) is 0 Å². The van der Waals surface area contributed by atoms with E-state index in [1.807, 2.05) is 12.3 Å². The Hall–Kier alpha value is -2.08. The summed E-state index contributed by atoms with van der Waals surface area (Å²) in [4.78, 5) is 27.7. The topological polar surface area (TPSA) is 64.0 Å². The number of hydrogen-bond donors (Lipinski definition) is 1. The highest BCUT2D eigenvalue weighted by Crippen LogP contribution is 2.12. The summed E-state index contributed by atoms with van der Waals surface area (Å²) in [5.41, 5.74) is 0.631. The molecule has 1 N–H and O–H groups in total. The average molecular weight is 317 g/mol. The van der Waals surface area contributed by atoms with Crippen LogP contribution in [0.2, 0.25) is 0 Å². The van der Waals surface area contributed by atoms with Crippen LogP contribution < -0.4 is 10.9 Å². The van der Waals surface area contributed by atoms with Gasteiger partial charge >= 0.3 is 0 Å². The van der Waals surface area contributed by atoms with Crippen LogP contribution in [0.4, 0.5) is 0 Å². The highest BCUT2D eigenvalue weighted by molar-refractivity contribution is 7.98. The van der Waals surface area contributed by atoms with Crippen LogP contribution in [-0.4, -0.2) is 28.3 Å². The molecular weight excluding hydrogens is 298 g/mol. The number of aromatic nitrogens is 2. The van der Waals surface area contributed by atoms with Crippen LogP contribution in [0.5, 0.6) is 0 Å². The second-order valence-electron chi connectivity index (χ2n) is 4.78. The van der Waals surface area contributed by atoms with Crippen LogP contribution in [0.25, 0.3) is 0 Å². The van der Waals surface area contributed by atoms with Crippen LogP contribution in [-0.2, 0) is 6.54 Å². The van der Waals surface area contributed by atoms with E-state index in [0.717, 1.165) is 17.9 Å². The van der Waals surface area contributed by atoms with E-state index in [-0.39, 0.29) is 11.5 Å². The zero-order valence-corrected chi connectivity index (χ0v) is 13.3. The lowest BCUT2D eigenvalue weighted by Crippen LogP contribution is -2.25. The SMILES string of the molecule is CSc1cc(C(=O)NCCCCn2ccccc2=O)ccn1. The van der Waals surface area contributed by atoms with E-state index in [9.17, 15) is 9.59 Å². The molecule has 116 valence electrons. The molecule has 22 heavy (non-hydrogen) atoms. The standard InChI is InChI=1S/C16H19N3O2S/c1-22-14-12-13(7-9-17-14)16(21)18-8-3-5-11-19-10-4-2-6-15(19)20/h2,4,6-7,9-10,12H,3,5,8,11H2,1H3,(H,18,21). The quantitative estimate of drug-likeness (QED) is 0.628. The molecule has 0 aromatic carbocycles. The van der Waals surface area contributed by atoms with E-state index in [2.05, 4.69) is 10.3 Å². The number of amides is 1. The van der Waals surface area contributed by atoms with Crippen LogP contribution >= 0.6 is 11.8 Å². The lowest BCUT2D eigenvalue weighted by atomic mass is 10.2. The van der Waals surface area contributed by atoms with E-state index in [0.29, 0.717) is 18.7 Å². The second kappa shape index (κ2) is 8.38. The summed E-state index contributed by atoms with van der Waals surface area (Å²) in [5.74, 6) is -0.0884. The minimum Gasteiger partial charge on any atom is -0.352 e. The summed E-state index contributed by atoms with van der Waals surface area (Å²) in [6.45, 7) is 1.26. The normalized spacial score (nSPS) is 10.4. The fourth-order valence-electron chi connectivity index (χ4n) is 2.02. The molecule has 0 aliphatic heterocycles. The first kappa shape index (κ1) is 16.3. The van der Waals surface area contributed by atoms with Crippen molar-refractivity contribution in [2.45, 2.75) is 24.4 Å². The highest BCUT2D eigenvalue weighted by Gasteiger charge is 2.05. The van der Waals surface area contributed by atoms with Gasteiger partial charge in [0.1, 0.15) is 0 Å². The Kier molecular flexibility index (Phi) is 6.21. The van der Waals surface area contributed by atoms with Gasteiger partial charge in [0.2, 0.25) is 5.56 Å². The molecule has 0 atom stereocenters. The van der Waals surface area contributed by atoms with Gasteiger partial charge in [0.25, 0.3) is 5.91 Å². The Balaban J connectivity index is 1.73. The van der Waals surface area contributed by atoms with Crippen LogP contribution in [0.1, 0.15) is 23.2 Å². The van der Waals surface area contributed by atoms with Crippen molar-refractivity contribution >= 4 is 17.7 Å². The van der Waals surface area contributed by atoms with Crippen molar-refractivity contribution in [3.8, 4) is 0 Å². The number of nitrogens with one attached hydrogen (secondary N) is 1. The largest absolute Gasteiger partial charge is 0.352 e. The molecular formula is C16H19N3O2S. The lowest BCUT2D eigenvalue weighted by molar-refractivity contribution is 0.0952.